The lowest BCUT2D eigenvalue weighted by Gasteiger charge is -2.36. The molecule has 0 spiro atoms. The molecule has 0 bridgehead atoms. The van der Waals surface area contributed by atoms with Crippen LogP contribution in [-0.4, -0.2) is 0 Å². The molecule has 0 aliphatic heterocycles. The molecule has 0 nitrogen and oxygen atoms in total. The van der Waals surface area contributed by atoms with Crippen molar-refractivity contribution < 1.29 is 13.2 Å². The Hall–Kier alpha value is -1.43. The number of hydrogen-bond donors (Lipinski definition) is 0. The molecule has 1 aromatic carbocycles. The van der Waals surface area contributed by atoms with Gasteiger partial charge in [-0.1, -0.05) is 38.0 Å². The normalized spacial score (nSPS) is 29.7. The molecule has 0 N–H and O–H groups in total. The summed E-state index contributed by atoms with van der Waals surface area (Å²) in [5.41, 5.74) is 0.0689. The van der Waals surface area contributed by atoms with Crippen LogP contribution < -0.4 is 0 Å². The Morgan fingerprint density at radius 3 is 1.88 bits per heavy atom. The van der Waals surface area contributed by atoms with Gasteiger partial charge in [0.05, 0.1) is 5.56 Å². The van der Waals surface area contributed by atoms with E-state index in [1.807, 2.05) is 0 Å². The fourth-order valence-electron chi connectivity index (χ4n) is 4.73. The van der Waals surface area contributed by atoms with E-state index < -0.39 is 11.7 Å². The number of hydrogen-bond acceptors (Lipinski definition) is 0. The van der Waals surface area contributed by atoms with Crippen LogP contribution in [0.25, 0.3) is 0 Å². The Morgan fingerprint density at radius 2 is 1.38 bits per heavy atom. The predicted molar refractivity (Wildman–Crippen MR) is 99.5 cm³/mol. The highest BCUT2D eigenvalue weighted by atomic mass is 19.4. The van der Waals surface area contributed by atoms with Gasteiger partial charge in [-0.25, -0.2) is 0 Å². The lowest BCUT2D eigenvalue weighted by molar-refractivity contribution is -0.137. The summed E-state index contributed by atoms with van der Waals surface area (Å²) in [6.45, 7) is 2.31. The highest BCUT2D eigenvalue weighted by molar-refractivity contribution is 5.37. The van der Waals surface area contributed by atoms with Gasteiger partial charge in [0.15, 0.2) is 0 Å². The van der Waals surface area contributed by atoms with E-state index in [9.17, 15) is 13.2 Å². The molecular weight excluding hydrogens is 333 g/mol. The fourth-order valence-corrected chi connectivity index (χ4v) is 4.73. The third-order valence-corrected chi connectivity index (χ3v) is 6.54. The number of halogens is 3. The maximum atomic E-state index is 12.6. The molecule has 0 unspecified atom stereocenters. The van der Waals surface area contributed by atoms with Gasteiger partial charge in [0.25, 0.3) is 0 Å². The minimum atomic E-state index is -4.28. The minimum absolute atomic E-state index is 0.403. The van der Waals surface area contributed by atoms with Crippen LogP contribution in [0.15, 0.2) is 24.3 Å². The van der Waals surface area contributed by atoms with Crippen LogP contribution in [0.2, 0.25) is 0 Å². The zero-order valence-electron chi connectivity index (χ0n) is 15.6. The van der Waals surface area contributed by atoms with E-state index in [4.69, 9.17) is 0 Å². The molecule has 3 rings (SSSR count). The van der Waals surface area contributed by atoms with Crippen LogP contribution in [0, 0.1) is 35.5 Å². The smallest absolute Gasteiger partial charge is 0.166 e. The summed E-state index contributed by atoms with van der Waals surface area (Å²) in [4.78, 5) is 0. The number of alkyl halides is 3. The van der Waals surface area contributed by atoms with Gasteiger partial charge in [0.1, 0.15) is 0 Å². The van der Waals surface area contributed by atoms with E-state index in [1.54, 1.807) is 0 Å². The van der Waals surface area contributed by atoms with Crippen LogP contribution >= 0.6 is 0 Å². The van der Waals surface area contributed by atoms with Crippen LogP contribution in [-0.2, 0) is 6.18 Å². The summed E-state index contributed by atoms with van der Waals surface area (Å²) < 4.78 is 37.8. The standard InChI is InChI=1S/C23H29F3/c1-2-17-5-11-20(12-6-17)21-13-7-18(8-14-21)3-4-19-9-15-22(16-10-19)23(24,25)26/h9-10,15-18,20-21H,2,5-8,11-14H2,1H3/t17-,18?,20-,21?. The maximum Gasteiger partial charge on any atom is 0.416 e. The van der Waals surface area contributed by atoms with Gasteiger partial charge >= 0.3 is 6.18 Å². The second kappa shape index (κ2) is 8.51. The Labute approximate surface area is 155 Å². The average molecular weight is 362 g/mol. The Morgan fingerprint density at radius 1 is 0.846 bits per heavy atom. The van der Waals surface area contributed by atoms with Gasteiger partial charge in [-0.3, -0.25) is 0 Å². The van der Waals surface area contributed by atoms with Crippen molar-refractivity contribution in [3.8, 4) is 11.8 Å². The van der Waals surface area contributed by atoms with Crippen LogP contribution in [0.1, 0.15) is 75.8 Å². The van der Waals surface area contributed by atoms with Crippen molar-refractivity contribution >= 4 is 0 Å². The van der Waals surface area contributed by atoms with Crippen LogP contribution in [0.3, 0.4) is 0 Å². The maximum absolute atomic E-state index is 12.6. The SMILES string of the molecule is CC[C@H]1CC[C@H](C2CCC(C#Cc3ccc(C(F)(F)F)cc3)CC2)CC1. The van der Waals surface area contributed by atoms with Crippen molar-refractivity contribution in [2.45, 2.75) is 70.9 Å². The third-order valence-electron chi connectivity index (χ3n) is 6.54. The first-order valence-electron chi connectivity index (χ1n) is 10.1. The number of benzene rings is 1. The summed E-state index contributed by atoms with van der Waals surface area (Å²) in [6, 6.07) is 5.20. The van der Waals surface area contributed by atoms with Gasteiger partial charge in [0.2, 0.25) is 0 Å². The van der Waals surface area contributed by atoms with Crippen LogP contribution in [0.4, 0.5) is 13.2 Å². The first-order chi connectivity index (χ1) is 12.5. The summed E-state index contributed by atoms with van der Waals surface area (Å²) >= 11 is 0. The molecular formula is C23H29F3. The van der Waals surface area contributed by atoms with Crippen molar-refractivity contribution in [2.75, 3.05) is 0 Å². The monoisotopic (exact) mass is 362 g/mol. The summed E-state index contributed by atoms with van der Waals surface area (Å²) in [6.07, 6.45) is 7.53. The summed E-state index contributed by atoms with van der Waals surface area (Å²) in [5, 5.41) is 0. The van der Waals surface area contributed by atoms with Crippen molar-refractivity contribution in [3.63, 3.8) is 0 Å². The minimum Gasteiger partial charge on any atom is -0.166 e. The highest BCUT2D eigenvalue weighted by Gasteiger charge is 2.31. The second-order valence-corrected chi connectivity index (χ2v) is 8.15. The predicted octanol–water partition coefficient (Wildman–Crippen LogP) is 7.08. The van der Waals surface area contributed by atoms with Gasteiger partial charge in [0, 0.05) is 11.5 Å². The first kappa shape index (κ1) is 19.3. The van der Waals surface area contributed by atoms with Gasteiger partial charge in [-0.2, -0.15) is 13.2 Å². The topological polar surface area (TPSA) is 0 Å². The van der Waals surface area contributed by atoms with Gasteiger partial charge in [-0.15, -0.1) is 0 Å². The molecule has 142 valence electrons. The van der Waals surface area contributed by atoms with Gasteiger partial charge in [-0.05, 0) is 80.5 Å². The van der Waals surface area contributed by atoms with E-state index in [2.05, 4.69) is 18.8 Å². The Balaban J connectivity index is 1.48. The van der Waals surface area contributed by atoms with Crippen molar-refractivity contribution in [1.82, 2.24) is 0 Å². The molecule has 2 saturated carbocycles. The molecule has 0 atom stereocenters. The largest absolute Gasteiger partial charge is 0.416 e. The number of rotatable bonds is 2. The average Bonchev–Trinajstić information content (AvgIpc) is 2.66. The molecule has 0 heterocycles. The van der Waals surface area contributed by atoms with Gasteiger partial charge < -0.3 is 0 Å². The highest BCUT2D eigenvalue weighted by Crippen LogP contribution is 2.41. The van der Waals surface area contributed by atoms with Crippen molar-refractivity contribution in [2.24, 2.45) is 23.7 Å². The van der Waals surface area contributed by atoms with E-state index in [1.165, 1.54) is 57.1 Å². The molecule has 1 aromatic rings. The van der Waals surface area contributed by atoms with E-state index in [0.29, 0.717) is 11.5 Å². The fraction of sp³-hybridized carbons (Fsp3) is 0.652. The Bertz CT molecular complexity index is 616. The van der Waals surface area contributed by atoms with E-state index in [0.717, 1.165) is 42.7 Å². The molecule has 2 fully saturated rings. The zero-order chi connectivity index (χ0) is 18.6. The van der Waals surface area contributed by atoms with Crippen molar-refractivity contribution in [3.05, 3.63) is 35.4 Å². The molecule has 26 heavy (non-hydrogen) atoms. The van der Waals surface area contributed by atoms with E-state index in [-0.39, 0.29) is 0 Å². The Kier molecular flexibility index (Phi) is 6.33. The van der Waals surface area contributed by atoms with Crippen molar-refractivity contribution in [1.29, 1.82) is 0 Å². The van der Waals surface area contributed by atoms with E-state index >= 15 is 0 Å². The molecule has 0 saturated heterocycles. The molecule has 2 aliphatic carbocycles. The molecule has 0 amide bonds. The lowest BCUT2D eigenvalue weighted by Crippen LogP contribution is -2.25. The first-order valence-corrected chi connectivity index (χ1v) is 10.1. The van der Waals surface area contributed by atoms with Crippen LogP contribution in [0.5, 0.6) is 0 Å². The second-order valence-electron chi connectivity index (χ2n) is 8.15. The summed E-state index contributed by atoms with van der Waals surface area (Å²) in [7, 11) is 0. The third kappa shape index (κ3) is 5.06. The molecule has 2 aliphatic rings. The zero-order valence-corrected chi connectivity index (χ0v) is 15.6. The lowest BCUT2D eigenvalue weighted by atomic mass is 9.69. The molecule has 0 radical (unpaired) electrons. The molecule has 3 heteroatoms. The molecule has 0 aromatic heterocycles. The summed E-state index contributed by atoms with van der Waals surface area (Å²) in [5.74, 6) is 9.54. The quantitative estimate of drug-likeness (QED) is 0.493.